The van der Waals surface area contributed by atoms with Crippen LogP contribution in [-0.4, -0.2) is 11.8 Å². The number of hydrogen-bond donors (Lipinski definition) is 0. The Labute approximate surface area is 133 Å². The molecule has 0 N–H and O–H groups in total. The second kappa shape index (κ2) is 5.24. The van der Waals surface area contributed by atoms with Crippen LogP contribution in [0.4, 0.5) is 5.69 Å². The molecule has 1 aromatic rings. The summed E-state index contributed by atoms with van der Waals surface area (Å²) in [6.07, 6.45) is 2.74. The summed E-state index contributed by atoms with van der Waals surface area (Å²) in [5, 5.41) is 0. The molecule has 3 rings (SSSR count). The van der Waals surface area contributed by atoms with Crippen molar-refractivity contribution in [2.75, 3.05) is 4.90 Å². The summed E-state index contributed by atoms with van der Waals surface area (Å²) >= 11 is 3.53. The molecule has 0 aromatic heterocycles. The van der Waals surface area contributed by atoms with E-state index >= 15 is 0 Å². The summed E-state index contributed by atoms with van der Waals surface area (Å²) < 4.78 is 1.04. The Balaban J connectivity index is 1.99. The van der Waals surface area contributed by atoms with Crippen LogP contribution in [0.3, 0.4) is 0 Å². The molecule has 1 aliphatic carbocycles. The topological polar surface area (TPSA) is 37.4 Å². The maximum atomic E-state index is 12.7. The van der Waals surface area contributed by atoms with Gasteiger partial charge < -0.3 is 0 Å². The molecule has 0 radical (unpaired) electrons. The van der Waals surface area contributed by atoms with Crippen molar-refractivity contribution in [3.05, 3.63) is 27.7 Å². The lowest BCUT2D eigenvalue weighted by atomic mass is 9.76. The lowest BCUT2D eigenvalue weighted by Crippen LogP contribution is -2.31. The van der Waals surface area contributed by atoms with Gasteiger partial charge in [-0.3, -0.25) is 14.5 Å². The Hall–Kier alpha value is -1.16. The quantitative estimate of drug-likeness (QED) is 0.718. The Morgan fingerprint density at radius 3 is 2.24 bits per heavy atom. The van der Waals surface area contributed by atoms with E-state index in [1.165, 1.54) is 4.90 Å². The summed E-state index contributed by atoms with van der Waals surface area (Å²) in [7, 11) is 0. The molecule has 1 saturated carbocycles. The second-order valence-electron chi connectivity index (χ2n) is 6.54. The molecule has 1 heterocycles. The molecule has 0 spiro atoms. The van der Waals surface area contributed by atoms with Gasteiger partial charge in [-0.2, -0.15) is 0 Å². The summed E-state index contributed by atoms with van der Waals surface area (Å²) in [4.78, 5) is 26.8. The summed E-state index contributed by atoms with van der Waals surface area (Å²) in [5.41, 5.74) is 2.83. The van der Waals surface area contributed by atoms with E-state index in [2.05, 4.69) is 22.9 Å². The average Bonchev–Trinajstić information content (AvgIpc) is 2.67. The number of nitrogens with zero attached hydrogens (tertiary/aromatic N) is 1. The summed E-state index contributed by atoms with van der Waals surface area (Å²) in [6, 6.07) is 3.85. The van der Waals surface area contributed by atoms with Gasteiger partial charge in [0.15, 0.2) is 0 Å². The van der Waals surface area contributed by atoms with Crippen LogP contribution in [-0.2, 0) is 9.59 Å². The molecule has 1 saturated heterocycles. The van der Waals surface area contributed by atoms with Crippen molar-refractivity contribution in [2.24, 2.45) is 17.8 Å². The Morgan fingerprint density at radius 1 is 1.05 bits per heavy atom. The Kier molecular flexibility index (Phi) is 3.68. The average molecular weight is 350 g/mol. The number of fused-ring (bicyclic) bond motifs is 1. The smallest absolute Gasteiger partial charge is 0.237 e. The molecule has 0 bridgehead atoms. The van der Waals surface area contributed by atoms with E-state index in [0.717, 1.165) is 40.5 Å². The summed E-state index contributed by atoms with van der Waals surface area (Å²) in [6.45, 7) is 6.14. The van der Waals surface area contributed by atoms with Crippen LogP contribution in [0.1, 0.15) is 37.3 Å². The first kappa shape index (κ1) is 14.8. The normalized spacial score (nSPS) is 29.0. The van der Waals surface area contributed by atoms with Gasteiger partial charge in [-0.15, -0.1) is 0 Å². The zero-order valence-corrected chi connectivity index (χ0v) is 14.2. The predicted octanol–water partition coefficient (Wildman–Crippen LogP) is 3.99. The van der Waals surface area contributed by atoms with Crippen LogP contribution < -0.4 is 4.90 Å². The van der Waals surface area contributed by atoms with Crippen molar-refractivity contribution >= 4 is 33.4 Å². The number of aryl methyl sites for hydroxylation is 2. The van der Waals surface area contributed by atoms with Gasteiger partial charge in [0.25, 0.3) is 0 Å². The molecule has 3 nitrogen and oxygen atoms in total. The van der Waals surface area contributed by atoms with Crippen LogP contribution in [0, 0.1) is 31.6 Å². The molecule has 112 valence electrons. The third kappa shape index (κ3) is 2.33. The second-order valence-corrected chi connectivity index (χ2v) is 7.33. The third-order valence-corrected chi connectivity index (χ3v) is 6.12. The van der Waals surface area contributed by atoms with Crippen molar-refractivity contribution in [1.29, 1.82) is 0 Å². The van der Waals surface area contributed by atoms with Gasteiger partial charge in [-0.05, 0) is 62.3 Å². The Morgan fingerprint density at radius 2 is 1.62 bits per heavy atom. The first-order chi connectivity index (χ1) is 9.90. The highest BCUT2D eigenvalue weighted by atomic mass is 79.9. The van der Waals surface area contributed by atoms with Crippen molar-refractivity contribution < 1.29 is 9.59 Å². The van der Waals surface area contributed by atoms with E-state index < -0.39 is 0 Å². The fourth-order valence-electron chi connectivity index (χ4n) is 3.70. The minimum Gasteiger partial charge on any atom is -0.274 e. The number of carbonyl (C=O) groups is 2. The number of carbonyl (C=O) groups excluding carboxylic acids is 2. The molecule has 2 aliphatic rings. The van der Waals surface area contributed by atoms with Crippen LogP contribution in [0.5, 0.6) is 0 Å². The highest BCUT2D eigenvalue weighted by molar-refractivity contribution is 9.10. The molecule has 2 amide bonds. The minimum atomic E-state index is -0.106. The molecule has 2 fully saturated rings. The molecular formula is C17H20BrNO2. The Bertz CT molecular complexity index is 602. The van der Waals surface area contributed by atoms with Crippen molar-refractivity contribution in [3.63, 3.8) is 0 Å². The number of amides is 2. The summed E-state index contributed by atoms with van der Waals surface area (Å²) in [5.74, 6) is 0.329. The lowest BCUT2D eigenvalue weighted by molar-refractivity contribution is -0.122. The number of hydrogen-bond acceptors (Lipinski definition) is 2. The standard InChI is InChI=1S/C17H20BrNO2/c1-9-4-5-13-14(6-9)17(21)19(16(13)20)12-7-10(2)15(18)11(3)8-12/h7-9,13-14H,4-6H2,1-3H3/t9-,13+,14+/m1/s1. The maximum Gasteiger partial charge on any atom is 0.237 e. The lowest BCUT2D eigenvalue weighted by Gasteiger charge is -2.25. The predicted molar refractivity (Wildman–Crippen MR) is 86.1 cm³/mol. The molecule has 21 heavy (non-hydrogen) atoms. The number of anilines is 1. The van der Waals surface area contributed by atoms with E-state index in [1.54, 1.807) is 0 Å². The van der Waals surface area contributed by atoms with Gasteiger partial charge in [0.05, 0.1) is 17.5 Å². The van der Waals surface area contributed by atoms with Crippen LogP contribution in [0.2, 0.25) is 0 Å². The molecule has 1 aliphatic heterocycles. The van der Waals surface area contributed by atoms with Crippen LogP contribution in [0.15, 0.2) is 16.6 Å². The van der Waals surface area contributed by atoms with Crippen LogP contribution in [0.25, 0.3) is 0 Å². The van der Waals surface area contributed by atoms with Gasteiger partial charge in [0.1, 0.15) is 0 Å². The molecule has 1 aromatic carbocycles. The maximum absolute atomic E-state index is 12.7. The van der Waals surface area contributed by atoms with Crippen molar-refractivity contribution in [2.45, 2.75) is 40.0 Å². The van der Waals surface area contributed by atoms with Crippen molar-refractivity contribution in [1.82, 2.24) is 0 Å². The van der Waals surface area contributed by atoms with Crippen molar-refractivity contribution in [3.8, 4) is 0 Å². The SMILES string of the molecule is Cc1cc(N2C(=O)[C@H]3CC[C@@H](C)C[C@@H]3C2=O)cc(C)c1Br. The van der Waals surface area contributed by atoms with Gasteiger partial charge >= 0.3 is 0 Å². The highest BCUT2D eigenvalue weighted by Crippen LogP contribution is 2.42. The van der Waals surface area contributed by atoms with Crippen LogP contribution >= 0.6 is 15.9 Å². The van der Waals surface area contributed by atoms with Gasteiger partial charge in [0.2, 0.25) is 11.8 Å². The fraction of sp³-hybridized carbons (Fsp3) is 0.529. The van der Waals surface area contributed by atoms with E-state index in [9.17, 15) is 9.59 Å². The molecule has 4 heteroatoms. The number of imide groups is 1. The largest absolute Gasteiger partial charge is 0.274 e. The zero-order valence-electron chi connectivity index (χ0n) is 12.6. The number of halogens is 1. The van der Waals surface area contributed by atoms with E-state index in [4.69, 9.17) is 0 Å². The zero-order chi connectivity index (χ0) is 15.3. The van der Waals surface area contributed by atoms with Gasteiger partial charge in [-0.25, -0.2) is 0 Å². The van der Waals surface area contributed by atoms with E-state index in [-0.39, 0.29) is 23.7 Å². The third-order valence-electron chi connectivity index (χ3n) is 4.87. The first-order valence-corrected chi connectivity index (χ1v) is 8.34. The molecule has 3 atom stereocenters. The first-order valence-electron chi connectivity index (χ1n) is 7.54. The van der Waals surface area contributed by atoms with E-state index in [0.29, 0.717) is 5.92 Å². The minimum absolute atomic E-state index is 0.00183. The van der Waals surface area contributed by atoms with Gasteiger partial charge in [-0.1, -0.05) is 22.9 Å². The monoisotopic (exact) mass is 349 g/mol. The number of benzene rings is 1. The van der Waals surface area contributed by atoms with Gasteiger partial charge in [0, 0.05) is 4.47 Å². The fourth-order valence-corrected chi connectivity index (χ4v) is 3.93. The number of rotatable bonds is 1. The molecular weight excluding hydrogens is 330 g/mol. The van der Waals surface area contributed by atoms with E-state index in [1.807, 2.05) is 26.0 Å². The highest BCUT2D eigenvalue weighted by Gasteiger charge is 2.50. The molecule has 0 unspecified atom stereocenters.